The summed E-state index contributed by atoms with van der Waals surface area (Å²) in [5.74, 6) is 5.36. The van der Waals surface area contributed by atoms with Gasteiger partial charge in [-0.15, -0.1) is 0 Å². The first kappa shape index (κ1) is 25.6. The summed E-state index contributed by atoms with van der Waals surface area (Å²) in [4.78, 5) is 12.8. The van der Waals surface area contributed by atoms with Crippen LogP contribution in [0.4, 0.5) is 0 Å². The third-order valence-corrected chi connectivity index (χ3v) is 6.15. The summed E-state index contributed by atoms with van der Waals surface area (Å²) >= 11 is 0. The molecule has 0 amide bonds. The number of hydrogen-bond donors (Lipinski definition) is 2. The van der Waals surface area contributed by atoms with Gasteiger partial charge in [-0.05, 0) is 42.5 Å². The second-order valence-corrected chi connectivity index (χ2v) is 9.34. The Hall–Kier alpha value is -2.66. The van der Waals surface area contributed by atoms with Crippen molar-refractivity contribution in [2.45, 2.75) is 51.7 Å². The average molecular weight is 458 g/mol. The maximum Gasteiger partial charge on any atom is 0.324 e. The van der Waals surface area contributed by atoms with E-state index in [2.05, 4.69) is 16.6 Å². The van der Waals surface area contributed by atoms with Gasteiger partial charge in [0.2, 0.25) is 10.0 Å². The van der Waals surface area contributed by atoms with Gasteiger partial charge in [-0.1, -0.05) is 67.6 Å². The van der Waals surface area contributed by atoms with Crippen molar-refractivity contribution in [2.75, 3.05) is 12.4 Å². The Kier molecular flexibility index (Phi) is 10.9. The number of unbranched alkanes of at least 4 members (excludes halogenated alkanes) is 2. The molecule has 2 aromatic rings. The number of sulfonamides is 1. The quantitative estimate of drug-likeness (QED) is 0.290. The lowest BCUT2D eigenvalue weighted by molar-refractivity contribution is -0.147. The molecular weight excluding hydrogens is 426 g/mol. The van der Waals surface area contributed by atoms with Gasteiger partial charge < -0.3 is 9.84 Å². The van der Waals surface area contributed by atoms with Crippen LogP contribution < -0.4 is 4.72 Å². The molecular formula is C25H31NO5S. The van der Waals surface area contributed by atoms with Gasteiger partial charge in [-0.2, -0.15) is 0 Å². The minimum atomic E-state index is -3.61. The zero-order chi connectivity index (χ0) is 23.2. The predicted octanol–water partition coefficient (Wildman–Crippen LogP) is 3.18. The molecule has 0 aliphatic heterocycles. The van der Waals surface area contributed by atoms with Gasteiger partial charge in [0.1, 0.15) is 12.6 Å². The minimum absolute atomic E-state index is 0.0334. The summed E-state index contributed by atoms with van der Waals surface area (Å²) in [7, 11) is -3.61. The molecule has 7 heteroatoms. The van der Waals surface area contributed by atoms with Crippen LogP contribution in [0.3, 0.4) is 0 Å². The van der Waals surface area contributed by atoms with E-state index < -0.39 is 22.0 Å². The molecule has 6 nitrogen and oxygen atoms in total. The Labute approximate surface area is 191 Å². The maximum atomic E-state index is 12.8. The van der Waals surface area contributed by atoms with E-state index in [-0.39, 0.29) is 25.4 Å². The molecule has 1 atom stereocenters. The first-order chi connectivity index (χ1) is 15.4. The topological polar surface area (TPSA) is 92.7 Å². The number of carbonyl (C=O) groups is 1. The lowest BCUT2D eigenvalue weighted by Crippen LogP contribution is -2.44. The Balaban J connectivity index is 2.09. The van der Waals surface area contributed by atoms with Crippen molar-refractivity contribution in [1.82, 2.24) is 4.72 Å². The van der Waals surface area contributed by atoms with E-state index in [0.717, 1.165) is 23.1 Å². The summed E-state index contributed by atoms with van der Waals surface area (Å²) in [5, 5.41) is 8.81. The molecule has 0 saturated heterocycles. The molecule has 0 bridgehead atoms. The molecule has 0 radical (unpaired) electrons. The third kappa shape index (κ3) is 9.65. The van der Waals surface area contributed by atoms with Crippen molar-refractivity contribution >= 4 is 16.0 Å². The second kappa shape index (κ2) is 13.7. The number of aliphatic hydroxyl groups is 1. The predicted molar refractivity (Wildman–Crippen MR) is 125 cm³/mol. The molecule has 2 rings (SSSR count). The molecule has 32 heavy (non-hydrogen) atoms. The van der Waals surface area contributed by atoms with Gasteiger partial charge in [0.05, 0.1) is 5.75 Å². The molecule has 0 saturated carbocycles. The molecule has 2 N–H and O–H groups in total. The normalized spacial score (nSPS) is 11.9. The standard InChI is InChI=1S/C25H31NO5S/c1-2-3-18-32(29,30)26-24(25(28)31-20-23-11-6-4-7-12-23)19-22-15-13-21(14-16-22)10-8-5-9-17-27/h4,6-7,11-16,24,26-27H,2-3,5,9,17-20H2,1H3. The van der Waals surface area contributed by atoms with Crippen molar-refractivity contribution in [3.63, 3.8) is 0 Å². The molecule has 0 heterocycles. The molecule has 0 spiro atoms. The first-order valence-corrected chi connectivity index (χ1v) is 12.5. The highest BCUT2D eigenvalue weighted by molar-refractivity contribution is 7.89. The van der Waals surface area contributed by atoms with Gasteiger partial charge >= 0.3 is 5.97 Å². The highest BCUT2D eigenvalue weighted by Crippen LogP contribution is 2.11. The molecule has 172 valence electrons. The molecule has 0 aliphatic carbocycles. The van der Waals surface area contributed by atoms with Crippen molar-refractivity contribution < 1.29 is 23.1 Å². The van der Waals surface area contributed by atoms with Crippen LogP contribution in [0.25, 0.3) is 0 Å². The van der Waals surface area contributed by atoms with E-state index in [4.69, 9.17) is 9.84 Å². The minimum Gasteiger partial charge on any atom is -0.460 e. The second-order valence-electron chi connectivity index (χ2n) is 7.47. The monoisotopic (exact) mass is 457 g/mol. The fourth-order valence-corrected chi connectivity index (χ4v) is 4.30. The zero-order valence-corrected chi connectivity index (χ0v) is 19.2. The van der Waals surface area contributed by atoms with Crippen molar-refractivity contribution in [3.8, 4) is 11.8 Å². The summed E-state index contributed by atoms with van der Waals surface area (Å²) in [6.45, 7) is 2.11. The van der Waals surface area contributed by atoms with Gasteiger partial charge in [-0.25, -0.2) is 13.1 Å². The molecule has 0 fully saturated rings. The highest BCUT2D eigenvalue weighted by Gasteiger charge is 2.26. The van der Waals surface area contributed by atoms with Crippen LogP contribution >= 0.6 is 0 Å². The van der Waals surface area contributed by atoms with Crippen LogP contribution in [0.5, 0.6) is 0 Å². The van der Waals surface area contributed by atoms with Crippen LogP contribution in [-0.4, -0.2) is 37.9 Å². The fourth-order valence-electron chi connectivity index (χ4n) is 2.90. The maximum absolute atomic E-state index is 12.8. The summed E-state index contributed by atoms with van der Waals surface area (Å²) < 4.78 is 32.8. The SMILES string of the molecule is CCCCS(=O)(=O)NC(Cc1ccc(C#CCCCO)cc1)C(=O)OCc1ccccc1. The third-order valence-electron chi connectivity index (χ3n) is 4.68. The van der Waals surface area contributed by atoms with Gasteiger partial charge in [-0.3, -0.25) is 4.79 Å². The van der Waals surface area contributed by atoms with Crippen molar-refractivity contribution in [2.24, 2.45) is 0 Å². The Bertz CT molecular complexity index is 992. The van der Waals surface area contributed by atoms with Gasteiger partial charge in [0, 0.05) is 18.6 Å². The number of aliphatic hydroxyl groups excluding tert-OH is 1. The van der Waals surface area contributed by atoms with Crippen molar-refractivity contribution in [1.29, 1.82) is 0 Å². The molecule has 1 unspecified atom stereocenters. The lowest BCUT2D eigenvalue weighted by atomic mass is 10.0. The Morgan fingerprint density at radius 3 is 2.44 bits per heavy atom. The zero-order valence-electron chi connectivity index (χ0n) is 18.4. The van der Waals surface area contributed by atoms with E-state index >= 15 is 0 Å². The Morgan fingerprint density at radius 1 is 1.06 bits per heavy atom. The van der Waals surface area contributed by atoms with Crippen LogP contribution in [0.2, 0.25) is 0 Å². The van der Waals surface area contributed by atoms with E-state index in [1.54, 1.807) is 0 Å². The summed E-state index contributed by atoms with van der Waals surface area (Å²) in [6.07, 6.45) is 2.69. The Morgan fingerprint density at radius 2 is 1.78 bits per heavy atom. The summed E-state index contributed by atoms with van der Waals surface area (Å²) in [5.41, 5.74) is 2.45. The number of nitrogens with one attached hydrogen (secondary N) is 1. The van der Waals surface area contributed by atoms with Crippen LogP contribution in [0, 0.1) is 11.8 Å². The number of rotatable bonds is 12. The highest BCUT2D eigenvalue weighted by atomic mass is 32.2. The average Bonchev–Trinajstić information content (AvgIpc) is 2.80. The van der Waals surface area contributed by atoms with Gasteiger partial charge in [0.25, 0.3) is 0 Å². The summed E-state index contributed by atoms with van der Waals surface area (Å²) in [6, 6.07) is 15.6. The smallest absolute Gasteiger partial charge is 0.324 e. The van der Waals surface area contributed by atoms with E-state index in [1.807, 2.05) is 61.5 Å². The van der Waals surface area contributed by atoms with E-state index in [1.165, 1.54) is 0 Å². The molecule has 2 aromatic carbocycles. The van der Waals surface area contributed by atoms with Crippen LogP contribution in [0.15, 0.2) is 54.6 Å². The first-order valence-electron chi connectivity index (χ1n) is 10.8. The molecule has 0 aromatic heterocycles. The van der Waals surface area contributed by atoms with E-state index in [9.17, 15) is 13.2 Å². The largest absolute Gasteiger partial charge is 0.460 e. The fraction of sp³-hybridized carbons (Fsp3) is 0.400. The van der Waals surface area contributed by atoms with Gasteiger partial charge in [0.15, 0.2) is 0 Å². The van der Waals surface area contributed by atoms with Crippen LogP contribution in [-0.2, 0) is 32.6 Å². The van der Waals surface area contributed by atoms with Crippen LogP contribution in [0.1, 0.15) is 49.3 Å². The number of carbonyl (C=O) groups excluding carboxylic acids is 1. The number of ether oxygens (including phenoxy) is 1. The number of benzene rings is 2. The van der Waals surface area contributed by atoms with Crippen molar-refractivity contribution in [3.05, 3.63) is 71.3 Å². The number of hydrogen-bond acceptors (Lipinski definition) is 5. The molecule has 0 aliphatic rings. The number of esters is 1. The lowest BCUT2D eigenvalue weighted by Gasteiger charge is -2.18. The van der Waals surface area contributed by atoms with E-state index in [0.29, 0.717) is 19.3 Å².